The molecular formula is C21H22ClN3O2. The molecule has 0 aromatic heterocycles. The molecule has 140 valence electrons. The molecule has 0 atom stereocenters. The normalized spacial score (nSPS) is 17.7. The van der Waals surface area contributed by atoms with E-state index in [4.69, 9.17) is 11.6 Å². The first-order chi connectivity index (χ1) is 13.0. The number of halogens is 1. The lowest BCUT2D eigenvalue weighted by molar-refractivity contribution is -0.119. The number of rotatable bonds is 2. The van der Waals surface area contributed by atoms with E-state index in [1.54, 1.807) is 35.2 Å². The predicted octanol–water partition coefficient (Wildman–Crippen LogP) is 4.30. The van der Waals surface area contributed by atoms with Crippen LogP contribution in [0, 0.1) is 5.92 Å². The zero-order valence-electron chi connectivity index (χ0n) is 15.2. The van der Waals surface area contributed by atoms with E-state index in [1.165, 1.54) is 0 Å². The largest absolute Gasteiger partial charge is 0.320 e. The number of piperidine rings is 1. The second-order valence-corrected chi connectivity index (χ2v) is 7.76. The van der Waals surface area contributed by atoms with Crippen molar-refractivity contribution in [2.24, 2.45) is 5.92 Å². The van der Waals surface area contributed by atoms with Gasteiger partial charge < -0.3 is 5.32 Å². The average molecular weight is 384 g/mol. The van der Waals surface area contributed by atoms with Crippen molar-refractivity contribution in [3.05, 3.63) is 53.1 Å². The number of fused-ring (bicyclic) bond motifs is 2. The lowest BCUT2D eigenvalue weighted by Gasteiger charge is -2.32. The second-order valence-electron chi connectivity index (χ2n) is 7.32. The Labute approximate surface area is 163 Å². The summed E-state index contributed by atoms with van der Waals surface area (Å²) in [6.07, 6.45) is 2.21. The third-order valence-electron chi connectivity index (χ3n) is 5.32. The number of likely N-dealkylation sites (tertiary alicyclic amines) is 1. The summed E-state index contributed by atoms with van der Waals surface area (Å²) in [6.45, 7) is 4.43. The van der Waals surface area contributed by atoms with E-state index in [2.05, 4.69) is 17.1 Å². The van der Waals surface area contributed by atoms with E-state index in [0.29, 0.717) is 40.1 Å². The highest BCUT2D eigenvalue weighted by molar-refractivity contribution is 6.31. The first-order valence-corrected chi connectivity index (χ1v) is 9.66. The molecule has 0 bridgehead atoms. The van der Waals surface area contributed by atoms with Gasteiger partial charge in [-0.1, -0.05) is 30.7 Å². The molecule has 2 aromatic carbocycles. The van der Waals surface area contributed by atoms with Crippen molar-refractivity contribution in [3.8, 4) is 0 Å². The van der Waals surface area contributed by atoms with Crippen LogP contribution in [0.25, 0.3) is 0 Å². The van der Waals surface area contributed by atoms with E-state index in [-0.39, 0.29) is 11.8 Å². The molecule has 2 aliphatic rings. The molecule has 2 heterocycles. The van der Waals surface area contributed by atoms with Crippen LogP contribution >= 0.6 is 11.6 Å². The minimum absolute atomic E-state index is 0.0444. The van der Waals surface area contributed by atoms with Crippen molar-refractivity contribution < 1.29 is 9.59 Å². The van der Waals surface area contributed by atoms with Gasteiger partial charge in [0, 0.05) is 5.02 Å². The molecule has 1 fully saturated rings. The lowest BCUT2D eigenvalue weighted by atomic mass is 9.99. The highest BCUT2D eigenvalue weighted by Crippen LogP contribution is 2.39. The fraction of sp³-hybridized carbons (Fsp3) is 0.333. The van der Waals surface area contributed by atoms with Gasteiger partial charge in [0.05, 0.1) is 29.2 Å². The summed E-state index contributed by atoms with van der Waals surface area (Å²) in [4.78, 5) is 29.8. The van der Waals surface area contributed by atoms with E-state index in [9.17, 15) is 9.59 Å². The van der Waals surface area contributed by atoms with Crippen LogP contribution in [-0.4, -0.2) is 36.3 Å². The van der Waals surface area contributed by atoms with Crippen LogP contribution in [0.1, 0.15) is 30.1 Å². The van der Waals surface area contributed by atoms with Crippen LogP contribution in [0.3, 0.4) is 0 Å². The molecule has 0 unspecified atom stereocenters. The zero-order chi connectivity index (χ0) is 19.0. The molecule has 4 rings (SSSR count). The summed E-state index contributed by atoms with van der Waals surface area (Å²) in [5.41, 5.74) is 2.27. The lowest BCUT2D eigenvalue weighted by Crippen LogP contribution is -2.41. The first kappa shape index (κ1) is 18.0. The van der Waals surface area contributed by atoms with Crippen LogP contribution < -0.4 is 10.2 Å². The van der Waals surface area contributed by atoms with Crippen molar-refractivity contribution in [2.45, 2.75) is 19.8 Å². The van der Waals surface area contributed by atoms with Gasteiger partial charge in [-0.2, -0.15) is 0 Å². The third kappa shape index (κ3) is 3.57. The minimum atomic E-state index is -0.240. The Balaban J connectivity index is 1.73. The summed E-state index contributed by atoms with van der Waals surface area (Å²) in [5.74, 6) is 0.424. The van der Waals surface area contributed by atoms with Crippen molar-refractivity contribution in [1.82, 2.24) is 4.90 Å². The maximum atomic E-state index is 13.3. The second kappa shape index (κ2) is 7.33. The smallest absolute Gasteiger partial charge is 0.257 e. The SMILES string of the molecule is CC1CCN(CC(=O)N2c3ccc(Cl)cc3NC(=O)c3ccccc32)CC1. The molecule has 5 nitrogen and oxygen atoms in total. The Bertz CT molecular complexity index is 891. The number of hydrogen-bond donors (Lipinski definition) is 1. The Morgan fingerprint density at radius 3 is 2.67 bits per heavy atom. The molecule has 2 amide bonds. The van der Waals surface area contributed by atoms with Crippen LogP contribution in [0.15, 0.2) is 42.5 Å². The summed E-state index contributed by atoms with van der Waals surface area (Å²) >= 11 is 6.12. The molecule has 2 aromatic rings. The quantitative estimate of drug-likeness (QED) is 0.841. The van der Waals surface area contributed by atoms with Gasteiger partial charge in [0.25, 0.3) is 5.91 Å². The standard InChI is InChI=1S/C21H22ClN3O2/c1-14-8-10-24(11-9-14)13-20(26)25-18-5-3-2-4-16(18)21(27)23-17-12-15(22)6-7-19(17)25/h2-7,12,14H,8-11,13H2,1H3,(H,23,27). The predicted molar refractivity (Wildman–Crippen MR) is 108 cm³/mol. The van der Waals surface area contributed by atoms with E-state index in [1.807, 2.05) is 12.1 Å². The summed E-state index contributed by atoms with van der Waals surface area (Å²) < 4.78 is 0. The average Bonchev–Trinajstić information content (AvgIpc) is 2.77. The van der Waals surface area contributed by atoms with E-state index < -0.39 is 0 Å². The van der Waals surface area contributed by atoms with Crippen molar-refractivity contribution in [2.75, 3.05) is 29.9 Å². The highest BCUT2D eigenvalue weighted by Gasteiger charge is 2.30. The maximum Gasteiger partial charge on any atom is 0.257 e. The topological polar surface area (TPSA) is 52.7 Å². The van der Waals surface area contributed by atoms with E-state index in [0.717, 1.165) is 25.9 Å². The number of amides is 2. The first-order valence-electron chi connectivity index (χ1n) is 9.28. The van der Waals surface area contributed by atoms with Crippen molar-refractivity contribution in [1.29, 1.82) is 0 Å². The van der Waals surface area contributed by atoms with Crippen LogP contribution in [0.5, 0.6) is 0 Å². The molecule has 27 heavy (non-hydrogen) atoms. The summed E-state index contributed by atoms with van der Waals surface area (Å²) in [6, 6.07) is 12.4. The number of benzene rings is 2. The number of para-hydroxylation sites is 1. The minimum Gasteiger partial charge on any atom is -0.320 e. The van der Waals surface area contributed by atoms with Gasteiger partial charge in [0.2, 0.25) is 5.91 Å². The molecule has 0 aliphatic carbocycles. The molecule has 0 saturated carbocycles. The number of hydrogen-bond acceptors (Lipinski definition) is 3. The van der Waals surface area contributed by atoms with Crippen molar-refractivity contribution in [3.63, 3.8) is 0 Å². The monoisotopic (exact) mass is 383 g/mol. The van der Waals surface area contributed by atoms with E-state index >= 15 is 0 Å². The Kier molecular flexibility index (Phi) is 4.89. The molecule has 0 radical (unpaired) electrons. The zero-order valence-corrected chi connectivity index (χ0v) is 16.0. The fourth-order valence-corrected chi connectivity index (χ4v) is 3.91. The van der Waals surface area contributed by atoms with Gasteiger partial charge in [-0.25, -0.2) is 0 Å². The maximum absolute atomic E-state index is 13.3. The molecule has 6 heteroatoms. The van der Waals surface area contributed by atoms with Gasteiger partial charge in [0.15, 0.2) is 0 Å². The Morgan fingerprint density at radius 1 is 1.15 bits per heavy atom. The molecule has 2 aliphatic heterocycles. The van der Waals surface area contributed by atoms with Crippen molar-refractivity contribution >= 4 is 40.5 Å². The molecule has 1 saturated heterocycles. The van der Waals surface area contributed by atoms with Gasteiger partial charge in [0.1, 0.15) is 0 Å². The van der Waals surface area contributed by atoms with Gasteiger partial charge in [-0.15, -0.1) is 0 Å². The molecule has 0 spiro atoms. The number of carbonyl (C=O) groups is 2. The Hall–Kier alpha value is -2.37. The summed E-state index contributed by atoms with van der Waals surface area (Å²) in [5, 5.41) is 3.39. The number of nitrogens with zero attached hydrogens (tertiary/aromatic N) is 2. The van der Waals surface area contributed by atoms with Gasteiger partial charge >= 0.3 is 0 Å². The number of nitrogens with one attached hydrogen (secondary N) is 1. The van der Waals surface area contributed by atoms with Crippen LogP contribution in [-0.2, 0) is 4.79 Å². The third-order valence-corrected chi connectivity index (χ3v) is 5.56. The molecule has 1 N–H and O–H groups in total. The molecular weight excluding hydrogens is 362 g/mol. The highest BCUT2D eigenvalue weighted by atomic mass is 35.5. The van der Waals surface area contributed by atoms with Gasteiger partial charge in [-0.05, 0) is 62.2 Å². The van der Waals surface area contributed by atoms with Gasteiger partial charge in [-0.3, -0.25) is 19.4 Å². The van der Waals surface area contributed by atoms with Crippen LogP contribution in [0.4, 0.5) is 17.1 Å². The number of anilines is 3. The fourth-order valence-electron chi connectivity index (χ4n) is 3.73. The Morgan fingerprint density at radius 2 is 1.89 bits per heavy atom. The van der Waals surface area contributed by atoms with Crippen LogP contribution in [0.2, 0.25) is 5.02 Å². The summed E-state index contributed by atoms with van der Waals surface area (Å²) in [7, 11) is 0. The number of carbonyl (C=O) groups excluding carboxylic acids is 2.